The molecular weight excluding hydrogens is 412 g/mol. The van der Waals surface area contributed by atoms with Crippen molar-refractivity contribution in [2.75, 3.05) is 11.9 Å². The fourth-order valence-electron chi connectivity index (χ4n) is 3.71. The number of anilines is 1. The van der Waals surface area contributed by atoms with Crippen LogP contribution in [0.1, 0.15) is 25.3 Å². The molecule has 1 aliphatic carbocycles. The van der Waals surface area contributed by atoms with Gasteiger partial charge < -0.3 is 10.1 Å². The van der Waals surface area contributed by atoms with Crippen LogP contribution in [0.4, 0.5) is 23.2 Å². The van der Waals surface area contributed by atoms with Crippen LogP contribution in [0, 0.1) is 17.2 Å². The molecule has 0 amide bonds. The average molecular weight is 432 g/mol. The van der Waals surface area contributed by atoms with Crippen molar-refractivity contribution in [1.29, 1.82) is 0 Å². The van der Waals surface area contributed by atoms with Gasteiger partial charge in [0.2, 0.25) is 10.0 Å². The first-order chi connectivity index (χ1) is 13.3. The van der Waals surface area contributed by atoms with Crippen LogP contribution in [0.3, 0.4) is 0 Å². The first-order valence-corrected chi connectivity index (χ1v) is 10.3. The van der Waals surface area contributed by atoms with Crippen molar-refractivity contribution >= 4 is 15.7 Å². The molecule has 1 fully saturated rings. The Morgan fingerprint density at radius 3 is 2.31 bits per heavy atom. The molecule has 0 aromatic heterocycles. The van der Waals surface area contributed by atoms with E-state index in [2.05, 4.69) is 10.1 Å². The van der Waals surface area contributed by atoms with Crippen molar-refractivity contribution in [3.05, 3.63) is 53.8 Å². The fraction of sp³-hybridized carbons (Fsp3) is 0.368. The van der Waals surface area contributed by atoms with Crippen molar-refractivity contribution in [3.8, 4) is 5.75 Å². The topological polar surface area (TPSA) is 81.4 Å². The number of ether oxygens (including phenoxy) is 1. The van der Waals surface area contributed by atoms with E-state index in [-0.39, 0.29) is 27.8 Å². The summed E-state index contributed by atoms with van der Waals surface area (Å²) in [6, 6.07) is 9.02. The summed E-state index contributed by atoms with van der Waals surface area (Å²) in [5.41, 5.74) is 0.661. The minimum Gasteiger partial charge on any atom is -0.406 e. The molecule has 3 rings (SSSR count). The molecule has 0 bridgehead atoms. The number of hydrogen-bond acceptors (Lipinski definition) is 4. The van der Waals surface area contributed by atoms with Gasteiger partial charge in [0.15, 0.2) is 0 Å². The summed E-state index contributed by atoms with van der Waals surface area (Å²) < 4.78 is 77.6. The lowest BCUT2D eigenvalue weighted by atomic mass is 10.0. The maximum absolute atomic E-state index is 14.0. The number of hydrogen-bond donors (Lipinski definition) is 2. The van der Waals surface area contributed by atoms with Crippen molar-refractivity contribution in [1.82, 2.24) is 0 Å². The van der Waals surface area contributed by atoms with Gasteiger partial charge in [0.05, 0.1) is 10.6 Å². The summed E-state index contributed by atoms with van der Waals surface area (Å²) in [6.07, 6.45) is -4.86. The van der Waals surface area contributed by atoms with Crippen LogP contribution in [0.25, 0.3) is 0 Å². The molecule has 0 saturated heterocycles. The maximum Gasteiger partial charge on any atom is 0.573 e. The molecule has 29 heavy (non-hydrogen) atoms. The molecule has 158 valence electrons. The Bertz CT molecular complexity index is 1010. The summed E-state index contributed by atoms with van der Waals surface area (Å²) in [7, 11) is -3.78. The van der Waals surface area contributed by atoms with Gasteiger partial charge in [-0.25, -0.2) is 17.9 Å². The van der Waals surface area contributed by atoms with Crippen LogP contribution in [0.2, 0.25) is 0 Å². The average Bonchev–Trinajstić information content (AvgIpc) is 3.14. The van der Waals surface area contributed by atoms with E-state index in [0.717, 1.165) is 23.8 Å². The third-order valence-corrected chi connectivity index (χ3v) is 6.23. The summed E-state index contributed by atoms with van der Waals surface area (Å²) in [5, 5.41) is 7.96. The van der Waals surface area contributed by atoms with Crippen molar-refractivity contribution in [3.63, 3.8) is 0 Å². The Balaban J connectivity index is 1.71. The highest BCUT2D eigenvalue weighted by Gasteiger charge is 2.57. The van der Waals surface area contributed by atoms with E-state index in [0.29, 0.717) is 6.54 Å². The number of nitrogens with two attached hydrogens (primary N) is 1. The van der Waals surface area contributed by atoms with Gasteiger partial charge in [-0.3, -0.25) is 0 Å². The smallest absolute Gasteiger partial charge is 0.406 e. The van der Waals surface area contributed by atoms with Gasteiger partial charge in [-0.2, -0.15) is 0 Å². The number of halogens is 4. The molecule has 5 nitrogen and oxygen atoms in total. The quantitative estimate of drug-likeness (QED) is 0.670. The van der Waals surface area contributed by atoms with Crippen LogP contribution in [-0.4, -0.2) is 21.3 Å². The minimum atomic E-state index is -4.86. The van der Waals surface area contributed by atoms with Crippen molar-refractivity contribution in [2.45, 2.75) is 31.0 Å². The molecule has 2 atom stereocenters. The largest absolute Gasteiger partial charge is 0.573 e. The second-order valence-electron chi connectivity index (χ2n) is 7.59. The van der Waals surface area contributed by atoms with Gasteiger partial charge in [0.1, 0.15) is 11.6 Å². The summed E-state index contributed by atoms with van der Waals surface area (Å²) >= 11 is 0. The van der Waals surface area contributed by atoms with E-state index in [9.17, 15) is 26.0 Å². The monoisotopic (exact) mass is 432 g/mol. The van der Waals surface area contributed by atoms with Crippen molar-refractivity contribution < 1.29 is 30.7 Å². The highest BCUT2D eigenvalue weighted by Crippen LogP contribution is 2.64. The van der Waals surface area contributed by atoms with E-state index in [1.165, 1.54) is 12.1 Å². The molecular formula is C19H20F4N2O3S. The zero-order valence-corrected chi connectivity index (χ0v) is 16.4. The number of benzene rings is 2. The maximum atomic E-state index is 14.0. The summed E-state index contributed by atoms with van der Waals surface area (Å²) in [4.78, 5) is 0.0120. The van der Waals surface area contributed by atoms with Crippen LogP contribution in [-0.2, 0) is 10.0 Å². The Kier molecular flexibility index (Phi) is 5.29. The van der Waals surface area contributed by atoms with Gasteiger partial charge in [0, 0.05) is 12.6 Å². The summed E-state index contributed by atoms with van der Waals surface area (Å²) in [6.45, 7) is 4.34. The van der Waals surface area contributed by atoms with Crippen LogP contribution < -0.4 is 15.2 Å². The number of nitrogens with one attached hydrogen (secondary N) is 1. The minimum absolute atomic E-state index is 0.0120. The van der Waals surface area contributed by atoms with Crippen LogP contribution in [0.5, 0.6) is 5.75 Å². The number of sulfonamides is 1. The van der Waals surface area contributed by atoms with Gasteiger partial charge >= 0.3 is 6.36 Å². The van der Waals surface area contributed by atoms with Crippen LogP contribution in [0.15, 0.2) is 47.4 Å². The molecule has 0 aliphatic heterocycles. The molecule has 0 heterocycles. The molecule has 3 N–H and O–H groups in total. The predicted molar refractivity (Wildman–Crippen MR) is 99.4 cm³/mol. The van der Waals surface area contributed by atoms with E-state index >= 15 is 0 Å². The molecule has 0 spiro atoms. The first-order valence-electron chi connectivity index (χ1n) is 8.71. The third kappa shape index (κ3) is 4.81. The molecule has 0 unspecified atom stereocenters. The zero-order chi connectivity index (χ0) is 21.6. The van der Waals surface area contributed by atoms with Crippen LogP contribution >= 0.6 is 0 Å². The molecule has 1 saturated carbocycles. The van der Waals surface area contributed by atoms with Gasteiger partial charge in [-0.15, -0.1) is 13.2 Å². The Morgan fingerprint density at radius 1 is 1.14 bits per heavy atom. The SMILES string of the molecule is CC1(C)[C@@H](CNc2cc(OC(F)(F)F)ccc2F)[C@@H]1c1ccc(S(N)(=O)=O)cc1. The van der Waals surface area contributed by atoms with E-state index in [1.54, 1.807) is 12.1 Å². The standard InChI is InChI=1S/C19H20F4N2O3S/c1-18(2)14(17(18)11-3-6-13(7-4-11)29(24,26)27)10-25-16-9-12(5-8-15(16)20)28-19(21,22)23/h3-9,14,17,25H,10H2,1-2H3,(H2,24,26,27)/t14-,17-/m0/s1. The fourth-order valence-corrected chi connectivity index (χ4v) is 4.22. The lowest BCUT2D eigenvalue weighted by Crippen LogP contribution is -2.17. The number of rotatable bonds is 6. The summed E-state index contributed by atoms with van der Waals surface area (Å²) in [5.74, 6) is -1.06. The molecule has 0 radical (unpaired) electrons. The molecule has 1 aliphatic rings. The third-order valence-electron chi connectivity index (χ3n) is 5.30. The highest BCUT2D eigenvalue weighted by atomic mass is 32.2. The molecule has 2 aromatic rings. The predicted octanol–water partition coefficient (Wildman–Crippen LogP) is 4.22. The lowest BCUT2D eigenvalue weighted by molar-refractivity contribution is -0.274. The Morgan fingerprint density at radius 2 is 1.76 bits per heavy atom. The number of alkyl halides is 3. The first kappa shape index (κ1) is 21.4. The van der Waals surface area contributed by atoms with Gasteiger partial charge in [-0.05, 0) is 47.1 Å². The van der Waals surface area contributed by atoms with Gasteiger partial charge in [0.25, 0.3) is 0 Å². The van der Waals surface area contributed by atoms with Crippen molar-refractivity contribution in [2.24, 2.45) is 16.5 Å². The Labute approximate surface area is 165 Å². The molecule has 10 heteroatoms. The van der Waals surface area contributed by atoms with E-state index in [1.807, 2.05) is 13.8 Å². The Hall–Kier alpha value is -2.33. The second kappa shape index (κ2) is 7.17. The lowest BCUT2D eigenvalue weighted by Gasteiger charge is -2.12. The zero-order valence-electron chi connectivity index (χ0n) is 15.6. The van der Waals surface area contributed by atoms with E-state index < -0.39 is 28.0 Å². The number of primary sulfonamides is 1. The second-order valence-corrected chi connectivity index (χ2v) is 9.15. The normalized spacial score (nSPS) is 20.9. The molecule has 2 aromatic carbocycles. The highest BCUT2D eigenvalue weighted by molar-refractivity contribution is 7.89. The van der Waals surface area contributed by atoms with E-state index in [4.69, 9.17) is 5.14 Å². The van der Waals surface area contributed by atoms with Gasteiger partial charge in [-0.1, -0.05) is 26.0 Å².